The highest BCUT2D eigenvalue weighted by Gasteiger charge is 2.29. The lowest BCUT2D eigenvalue weighted by Gasteiger charge is -2.17. The minimum atomic E-state index is 0.196. The molecule has 2 atom stereocenters. The maximum absolute atomic E-state index is 10.8. The summed E-state index contributed by atoms with van der Waals surface area (Å²) >= 11 is 0. The number of phenolic OH excluding ortho intramolecular Hbond substituents is 1. The zero-order valence-electron chi connectivity index (χ0n) is 17.6. The van der Waals surface area contributed by atoms with Gasteiger partial charge in [-0.05, 0) is 38.1 Å². The fraction of sp³-hybridized carbons (Fsp3) is 0.364. The first kappa shape index (κ1) is 18.7. The van der Waals surface area contributed by atoms with Crippen LogP contribution in [0.2, 0.25) is 0 Å². The van der Waals surface area contributed by atoms with Crippen LogP contribution in [0, 0.1) is 12.8 Å². The quantitative estimate of drug-likeness (QED) is 0.543. The molecule has 1 aliphatic rings. The predicted octanol–water partition coefficient (Wildman–Crippen LogP) is 2.64. The SMILES string of the molecule is CN[C@@H]1CN(c2cnc3nc(-c4cc5cn(C)nc5c(C)c4O)ccc3n2)C[C@H]1C. The maximum atomic E-state index is 10.8. The van der Waals surface area contributed by atoms with E-state index in [1.54, 1.807) is 10.9 Å². The van der Waals surface area contributed by atoms with Crippen LogP contribution >= 0.6 is 0 Å². The van der Waals surface area contributed by atoms with Crippen molar-refractivity contribution in [2.75, 3.05) is 25.0 Å². The first-order valence-corrected chi connectivity index (χ1v) is 10.2. The second-order valence-corrected chi connectivity index (χ2v) is 8.18. The highest BCUT2D eigenvalue weighted by Crippen LogP contribution is 2.36. The number of anilines is 1. The van der Waals surface area contributed by atoms with Crippen LogP contribution in [0.3, 0.4) is 0 Å². The number of nitrogens with zero attached hydrogens (tertiary/aromatic N) is 6. The standard InChI is InChI=1S/C22H25N7O/c1-12-9-29(11-18(12)23-3)19-8-24-22-17(25-19)6-5-16(26-22)15-7-14-10-28(4)27-20(14)13(2)21(15)30/h5-8,10,12,18,23,30H,9,11H2,1-4H3/t12-,18-/m1/s1. The van der Waals surface area contributed by atoms with Crippen LogP contribution in [-0.2, 0) is 7.05 Å². The third-order valence-corrected chi connectivity index (χ3v) is 6.10. The molecule has 0 radical (unpaired) electrons. The Kier molecular flexibility index (Phi) is 4.32. The number of likely N-dealkylation sites (N-methyl/N-ethyl adjacent to an activating group) is 1. The molecule has 0 amide bonds. The smallest absolute Gasteiger partial charge is 0.178 e. The second kappa shape index (κ2) is 6.91. The first-order valence-electron chi connectivity index (χ1n) is 10.2. The number of aryl methyl sites for hydroxylation is 2. The van der Waals surface area contributed by atoms with Gasteiger partial charge in [0, 0.05) is 48.9 Å². The molecule has 0 unspecified atom stereocenters. The van der Waals surface area contributed by atoms with E-state index in [-0.39, 0.29) is 5.75 Å². The molecule has 154 valence electrons. The monoisotopic (exact) mass is 403 g/mol. The molecule has 8 nitrogen and oxygen atoms in total. The number of nitrogens with one attached hydrogen (secondary N) is 1. The molecule has 30 heavy (non-hydrogen) atoms. The Morgan fingerprint density at radius 3 is 2.80 bits per heavy atom. The number of benzene rings is 1. The molecule has 2 N–H and O–H groups in total. The van der Waals surface area contributed by atoms with Gasteiger partial charge in [0.15, 0.2) is 5.65 Å². The zero-order valence-corrected chi connectivity index (χ0v) is 17.6. The summed E-state index contributed by atoms with van der Waals surface area (Å²) in [6.45, 7) is 5.99. The van der Waals surface area contributed by atoms with Gasteiger partial charge in [0.05, 0.1) is 17.4 Å². The van der Waals surface area contributed by atoms with Crippen molar-refractivity contribution in [3.63, 3.8) is 0 Å². The molecule has 3 aromatic heterocycles. The topological polar surface area (TPSA) is 92.0 Å². The largest absolute Gasteiger partial charge is 0.507 e. The van der Waals surface area contributed by atoms with E-state index in [0.29, 0.717) is 28.9 Å². The summed E-state index contributed by atoms with van der Waals surface area (Å²) in [4.78, 5) is 16.3. The van der Waals surface area contributed by atoms with Crippen LogP contribution in [0.5, 0.6) is 5.75 Å². The molecule has 0 saturated carbocycles. The number of aromatic nitrogens is 5. The van der Waals surface area contributed by atoms with Crippen LogP contribution in [0.4, 0.5) is 5.82 Å². The Morgan fingerprint density at radius 1 is 1.20 bits per heavy atom. The molecule has 5 rings (SSSR count). The van der Waals surface area contributed by atoms with Gasteiger partial charge in [-0.3, -0.25) is 4.68 Å². The molecule has 1 aliphatic heterocycles. The third kappa shape index (κ3) is 2.95. The molecule has 0 aliphatic carbocycles. The average Bonchev–Trinajstić information content (AvgIpc) is 3.31. The van der Waals surface area contributed by atoms with Crippen LogP contribution in [-0.4, -0.2) is 56.0 Å². The van der Waals surface area contributed by atoms with Crippen molar-refractivity contribution in [2.45, 2.75) is 19.9 Å². The first-order chi connectivity index (χ1) is 14.4. The molecule has 8 heteroatoms. The lowest BCUT2D eigenvalue weighted by atomic mass is 10.0. The van der Waals surface area contributed by atoms with Crippen LogP contribution < -0.4 is 10.2 Å². The molecule has 1 fully saturated rings. The fourth-order valence-corrected chi connectivity index (χ4v) is 4.36. The van der Waals surface area contributed by atoms with Crippen LogP contribution in [0.15, 0.2) is 30.6 Å². The van der Waals surface area contributed by atoms with Gasteiger partial charge in [0.1, 0.15) is 17.1 Å². The molecular weight excluding hydrogens is 378 g/mol. The minimum absolute atomic E-state index is 0.196. The Morgan fingerprint density at radius 2 is 2.03 bits per heavy atom. The number of phenols is 1. The average molecular weight is 403 g/mol. The summed E-state index contributed by atoms with van der Waals surface area (Å²) in [5.41, 5.74) is 4.19. The van der Waals surface area contributed by atoms with Crippen LogP contribution in [0.1, 0.15) is 12.5 Å². The van der Waals surface area contributed by atoms with Gasteiger partial charge >= 0.3 is 0 Å². The number of aromatic hydroxyl groups is 1. The van der Waals surface area contributed by atoms with E-state index in [1.165, 1.54) is 0 Å². The van der Waals surface area contributed by atoms with E-state index in [9.17, 15) is 5.11 Å². The normalized spacial score (nSPS) is 19.3. The van der Waals surface area contributed by atoms with E-state index < -0.39 is 0 Å². The molecular formula is C22H25N7O. The minimum Gasteiger partial charge on any atom is -0.507 e. The Labute approximate surface area is 174 Å². The Balaban J connectivity index is 1.53. The van der Waals surface area contributed by atoms with Gasteiger partial charge in [-0.2, -0.15) is 5.10 Å². The maximum Gasteiger partial charge on any atom is 0.178 e. The van der Waals surface area contributed by atoms with Crippen molar-refractivity contribution in [1.29, 1.82) is 0 Å². The highest BCUT2D eigenvalue weighted by atomic mass is 16.3. The lowest BCUT2D eigenvalue weighted by Crippen LogP contribution is -2.32. The second-order valence-electron chi connectivity index (χ2n) is 8.18. The van der Waals surface area contributed by atoms with Gasteiger partial charge in [0.25, 0.3) is 0 Å². The number of hydrogen-bond acceptors (Lipinski definition) is 7. The van der Waals surface area contributed by atoms with E-state index >= 15 is 0 Å². The van der Waals surface area contributed by atoms with Crippen molar-refractivity contribution in [3.05, 3.63) is 36.2 Å². The summed E-state index contributed by atoms with van der Waals surface area (Å²) in [7, 11) is 3.87. The predicted molar refractivity (Wildman–Crippen MR) is 118 cm³/mol. The van der Waals surface area contributed by atoms with Gasteiger partial charge in [-0.25, -0.2) is 15.0 Å². The molecule has 1 aromatic carbocycles. The fourth-order valence-electron chi connectivity index (χ4n) is 4.36. The molecule has 4 aromatic rings. The Hall–Kier alpha value is -3.26. The number of fused-ring (bicyclic) bond motifs is 2. The Bertz CT molecular complexity index is 1270. The van der Waals surface area contributed by atoms with Gasteiger partial charge < -0.3 is 15.3 Å². The van der Waals surface area contributed by atoms with Gasteiger partial charge in [0.2, 0.25) is 0 Å². The summed E-state index contributed by atoms with van der Waals surface area (Å²) in [6.07, 6.45) is 3.73. The van der Waals surface area contributed by atoms with Gasteiger partial charge in [-0.15, -0.1) is 0 Å². The van der Waals surface area contributed by atoms with Crippen molar-refractivity contribution in [2.24, 2.45) is 13.0 Å². The van der Waals surface area contributed by atoms with Crippen molar-refractivity contribution in [3.8, 4) is 17.0 Å². The molecule has 0 bridgehead atoms. The molecule has 4 heterocycles. The van der Waals surface area contributed by atoms with E-state index in [1.807, 2.05) is 45.4 Å². The molecule has 1 saturated heterocycles. The van der Waals surface area contributed by atoms with Crippen molar-refractivity contribution >= 4 is 27.9 Å². The van der Waals surface area contributed by atoms with Gasteiger partial charge in [-0.1, -0.05) is 6.92 Å². The zero-order chi connectivity index (χ0) is 21.0. The number of pyridine rings is 1. The van der Waals surface area contributed by atoms with E-state index in [0.717, 1.165) is 40.9 Å². The highest BCUT2D eigenvalue weighted by molar-refractivity contribution is 5.91. The summed E-state index contributed by atoms with van der Waals surface area (Å²) in [5.74, 6) is 1.63. The summed E-state index contributed by atoms with van der Waals surface area (Å²) in [6, 6.07) is 6.19. The van der Waals surface area contributed by atoms with Crippen molar-refractivity contribution < 1.29 is 5.11 Å². The number of hydrogen-bond donors (Lipinski definition) is 2. The summed E-state index contributed by atoms with van der Waals surface area (Å²) in [5, 5.41) is 19.5. The third-order valence-electron chi connectivity index (χ3n) is 6.10. The number of rotatable bonds is 3. The van der Waals surface area contributed by atoms with Crippen LogP contribution in [0.25, 0.3) is 33.3 Å². The van der Waals surface area contributed by atoms with E-state index in [4.69, 9.17) is 4.98 Å². The summed E-state index contributed by atoms with van der Waals surface area (Å²) < 4.78 is 1.75. The lowest BCUT2D eigenvalue weighted by molar-refractivity contribution is 0.474. The van der Waals surface area contributed by atoms with E-state index in [2.05, 4.69) is 32.2 Å². The van der Waals surface area contributed by atoms with Crippen molar-refractivity contribution in [1.82, 2.24) is 30.0 Å². The molecule has 0 spiro atoms.